The van der Waals surface area contributed by atoms with Crippen molar-refractivity contribution in [3.05, 3.63) is 40.9 Å². The van der Waals surface area contributed by atoms with Gasteiger partial charge in [-0.15, -0.1) is 0 Å². The average molecular weight is 370 g/mol. The minimum absolute atomic E-state index is 0.141. The molecule has 2 aliphatic heterocycles. The summed E-state index contributed by atoms with van der Waals surface area (Å²) in [5.41, 5.74) is 1.48. The number of halogens is 3. The summed E-state index contributed by atoms with van der Waals surface area (Å²) < 4.78 is 38.5. The first kappa shape index (κ1) is 16.2. The molecule has 0 spiro atoms. The van der Waals surface area contributed by atoms with Gasteiger partial charge in [0.05, 0.1) is 23.8 Å². The third-order valence-corrected chi connectivity index (χ3v) is 5.62. The summed E-state index contributed by atoms with van der Waals surface area (Å²) in [6, 6.07) is 5.65. The number of hydrogen-bond donors (Lipinski definition) is 2. The van der Waals surface area contributed by atoms with Crippen LogP contribution in [-0.4, -0.2) is 41.3 Å². The molecule has 0 radical (unpaired) electrons. The van der Waals surface area contributed by atoms with E-state index >= 15 is 0 Å². The van der Waals surface area contributed by atoms with Crippen LogP contribution in [0.25, 0.3) is 0 Å². The highest BCUT2D eigenvalue weighted by Gasteiger charge is 2.52. The zero-order chi connectivity index (χ0) is 17.8. The Hall–Kier alpha value is -2.33. The summed E-state index contributed by atoms with van der Waals surface area (Å²) in [7, 11) is 0. The number of aromatic nitrogens is 1. The van der Waals surface area contributed by atoms with E-state index in [1.165, 1.54) is 29.7 Å². The van der Waals surface area contributed by atoms with Crippen LogP contribution in [0.4, 0.5) is 24.0 Å². The number of fused-ring (bicyclic) bond motifs is 1. The van der Waals surface area contributed by atoms with Gasteiger partial charge >= 0.3 is 6.18 Å². The van der Waals surface area contributed by atoms with Crippen LogP contribution in [0.15, 0.2) is 30.5 Å². The maximum Gasteiger partial charge on any atom is 0.416 e. The SMILES string of the molecule is O=C(NO)c1cnc(N2C[C@@H]3C2CN3c2cccc(C(F)(F)F)c2)s1. The van der Waals surface area contributed by atoms with Gasteiger partial charge in [0.25, 0.3) is 5.91 Å². The molecule has 1 amide bonds. The second kappa shape index (κ2) is 5.60. The highest BCUT2D eigenvalue weighted by atomic mass is 32.1. The third kappa shape index (κ3) is 2.61. The molecule has 10 heteroatoms. The van der Waals surface area contributed by atoms with Crippen LogP contribution in [0, 0.1) is 0 Å². The number of piperazine rings is 1. The zero-order valence-electron chi connectivity index (χ0n) is 12.7. The van der Waals surface area contributed by atoms with Gasteiger partial charge in [0.2, 0.25) is 0 Å². The highest BCUT2D eigenvalue weighted by molar-refractivity contribution is 7.17. The highest BCUT2D eigenvalue weighted by Crippen LogP contribution is 2.42. The lowest BCUT2D eigenvalue weighted by Gasteiger charge is -2.62. The van der Waals surface area contributed by atoms with Crippen molar-refractivity contribution in [2.24, 2.45) is 0 Å². The molecule has 132 valence electrons. The van der Waals surface area contributed by atoms with E-state index in [-0.39, 0.29) is 12.1 Å². The number of carbonyl (C=O) groups excluding carboxylic acids is 1. The lowest BCUT2D eigenvalue weighted by molar-refractivity contribution is -0.137. The van der Waals surface area contributed by atoms with Crippen molar-refractivity contribution in [3.63, 3.8) is 0 Å². The van der Waals surface area contributed by atoms with Gasteiger partial charge in [-0.1, -0.05) is 17.4 Å². The van der Waals surface area contributed by atoms with Crippen LogP contribution in [0.1, 0.15) is 15.2 Å². The molecule has 2 aromatic rings. The fourth-order valence-corrected chi connectivity index (χ4v) is 4.06. The quantitative estimate of drug-likeness (QED) is 0.641. The van der Waals surface area contributed by atoms with Gasteiger partial charge in [-0.2, -0.15) is 13.2 Å². The first-order valence-corrected chi connectivity index (χ1v) is 8.31. The number of anilines is 2. The number of amides is 1. The lowest BCUT2D eigenvalue weighted by Crippen LogP contribution is -2.79. The third-order valence-electron chi connectivity index (χ3n) is 4.58. The van der Waals surface area contributed by atoms with Crippen molar-refractivity contribution in [1.82, 2.24) is 10.5 Å². The number of carbonyl (C=O) groups is 1. The number of benzene rings is 1. The molecular formula is C15H13F3N4O2S. The lowest BCUT2D eigenvalue weighted by atomic mass is 9.85. The van der Waals surface area contributed by atoms with E-state index in [4.69, 9.17) is 5.21 Å². The van der Waals surface area contributed by atoms with E-state index in [1.807, 2.05) is 9.80 Å². The van der Waals surface area contributed by atoms with Crippen LogP contribution in [0.3, 0.4) is 0 Å². The van der Waals surface area contributed by atoms with Crippen molar-refractivity contribution in [2.45, 2.75) is 18.3 Å². The van der Waals surface area contributed by atoms with Gasteiger partial charge < -0.3 is 9.80 Å². The molecule has 6 nitrogen and oxygen atoms in total. The summed E-state index contributed by atoms with van der Waals surface area (Å²) in [6.45, 7) is 1.24. The molecule has 4 rings (SSSR count). The Balaban J connectivity index is 1.44. The normalized spacial score (nSPS) is 22.1. The van der Waals surface area contributed by atoms with Gasteiger partial charge in [0.15, 0.2) is 5.13 Å². The smallest absolute Gasteiger partial charge is 0.362 e. The standard InChI is InChI=1S/C15H13F3N4O2S/c16-15(17,18)8-2-1-3-9(4-8)21-6-11-10(21)7-22(11)14-19-5-12(25-14)13(23)20-24/h1-5,10-11,24H,6-7H2,(H,20,23)/t10-,11?/m1/s1. The first-order chi connectivity index (χ1) is 11.9. The van der Waals surface area contributed by atoms with Crippen molar-refractivity contribution in [1.29, 1.82) is 0 Å². The molecule has 25 heavy (non-hydrogen) atoms. The fraction of sp³-hybridized carbons (Fsp3) is 0.333. The van der Waals surface area contributed by atoms with Gasteiger partial charge in [-0.3, -0.25) is 10.0 Å². The molecule has 2 saturated heterocycles. The van der Waals surface area contributed by atoms with Crippen LogP contribution >= 0.6 is 11.3 Å². The molecule has 2 aliphatic rings. The second-order valence-electron chi connectivity index (χ2n) is 5.94. The summed E-state index contributed by atoms with van der Waals surface area (Å²) in [5, 5.41) is 9.30. The van der Waals surface area contributed by atoms with Crippen molar-refractivity contribution in [2.75, 3.05) is 22.9 Å². The van der Waals surface area contributed by atoms with Crippen molar-refractivity contribution >= 4 is 28.1 Å². The summed E-state index contributed by atoms with van der Waals surface area (Å²) in [6.07, 6.45) is -2.96. The van der Waals surface area contributed by atoms with Crippen LogP contribution in [0.5, 0.6) is 0 Å². The molecule has 0 bridgehead atoms. The fourth-order valence-electron chi connectivity index (χ4n) is 3.19. The van der Waals surface area contributed by atoms with E-state index < -0.39 is 17.6 Å². The molecule has 2 fully saturated rings. The van der Waals surface area contributed by atoms with Gasteiger partial charge in [-0.05, 0) is 18.2 Å². The Morgan fingerprint density at radius 3 is 2.64 bits per heavy atom. The Morgan fingerprint density at radius 2 is 2.00 bits per heavy atom. The Bertz CT molecular complexity index is 825. The summed E-state index contributed by atoms with van der Waals surface area (Å²) >= 11 is 1.17. The van der Waals surface area contributed by atoms with Crippen LogP contribution in [-0.2, 0) is 6.18 Å². The number of hydroxylamine groups is 1. The molecule has 0 aliphatic carbocycles. The van der Waals surface area contributed by atoms with E-state index in [0.717, 1.165) is 6.07 Å². The molecule has 1 unspecified atom stereocenters. The first-order valence-electron chi connectivity index (χ1n) is 7.49. The number of nitrogens with one attached hydrogen (secondary N) is 1. The van der Waals surface area contributed by atoms with Crippen molar-refractivity contribution < 1.29 is 23.2 Å². The number of rotatable bonds is 3. The Kier molecular flexibility index (Phi) is 3.62. The number of hydrogen-bond acceptors (Lipinski definition) is 6. The zero-order valence-corrected chi connectivity index (χ0v) is 13.5. The Morgan fingerprint density at radius 1 is 1.28 bits per heavy atom. The van der Waals surface area contributed by atoms with E-state index in [9.17, 15) is 18.0 Å². The van der Waals surface area contributed by atoms with Crippen molar-refractivity contribution in [3.8, 4) is 0 Å². The predicted octanol–water partition coefficient (Wildman–Crippen LogP) is 2.36. The van der Waals surface area contributed by atoms with Gasteiger partial charge in [0.1, 0.15) is 4.88 Å². The van der Waals surface area contributed by atoms with Gasteiger partial charge in [0, 0.05) is 18.8 Å². The molecular weight excluding hydrogens is 357 g/mol. The largest absolute Gasteiger partial charge is 0.416 e. The number of thiazole rings is 1. The van der Waals surface area contributed by atoms with Crippen LogP contribution < -0.4 is 15.3 Å². The molecule has 0 saturated carbocycles. The topological polar surface area (TPSA) is 68.7 Å². The molecule has 2 atom stereocenters. The molecule has 3 heterocycles. The molecule has 1 aromatic carbocycles. The minimum atomic E-state index is -4.35. The maximum atomic E-state index is 12.8. The summed E-state index contributed by atoms with van der Waals surface area (Å²) in [5.74, 6) is -0.611. The average Bonchev–Trinajstić information content (AvgIpc) is 3.05. The molecule has 2 N–H and O–H groups in total. The molecule has 1 aromatic heterocycles. The minimum Gasteiger partial charge on any atom is -0.362 e. The van der Waals surface area contributed by atoms with E-state index in [2.05, 4.69) is 4.98 Å². The Labute approximate surface area is 144 Å². The van der Waals surface area contributed by atoms with E-state index in [1.54, 1.807) is 11.5 Å². The summed E-state index contributed by atoms with van der Waals surface area (Å²) in [4.78, 5) is 19.8. The number of nitrogens with zero attached hydrogens (tertiary/aromatic N) is 3. The monoisotopic (exact) mass is 370 g/mol. The number of alkyl halides is 3. The van der Waals surface area contributed by atoms with Crippen LogP contribution in [0.2, 0.25) is 0 Å². The van der Waals surface area contributed by atoms with E-state index in [0.29, 0.717) is 28.8 Å². The predicted molar refractivity (Wildman–Crippen MR) is 85.1 cm³/mol. The maximum absolute atomic E-state index is 12.8. The van der Waals surface area contributed by atoms with Gasteiger partial charge in [-0.25, -0.2) is 10.5 Å². The second-order valence-corrected chi connectivity index (χ2v) is 6.94.